The monoisotopic (exact) mass is 290 g/mol. The summed E-state index contributed by atoms with van der Waals surface area (Å²) in [6.45, 7) is 5.77. The molecule has 0 radical (unpaired) electrons. The van der Waals surface area contributed by atoms with Gasteiger partial charge in [0.15, 0.2) is 0 Å². The van der Waals surface area contributed by atoms with Gasteiger partial charge in [0.1, 0.15) is 11.0 Å². The van der Waals surface area contributed by atoms with E-state index in [0.717, 1.165) is 21.9 Å². The van der Waals surface area contributed by atoms with Gasteiger partial charge in [0, 0.05) is 18.5 Å². The molecular formula is C14H15ClN4O. The van der Waals surface area contributed by atoms with Gasteiger partial charge in [-0.1, -0.05) is 11.6 Å². The summed E-state index contributed by atoms with van der Waals surface area (Å²) >= 11 is 6.20. The largest absolute Gasteiger partial charge is 0.329 e. The second kappa shape index (κ2) is 4.31. The Hall–Kier alpha value is -1.88. The number of aromatic nitrogens is 4. The average Bonchev–Trinajstić information content (AvgIpc) is 2.60. The van der Waals surface area contributed by atoms with E-state index in [0.29, 0.717) is 11.0 Å². The zero-order chi connectivity index (χ0) is 14.6. The van der Waals surface area contributed by atoms with Crippen LogP contribution < -0.4 is 5.69 Å². The Bertz CT molecular complexity index is 892. The zero-order valence-corrected chi connectivity index (χ0v) is 12.6. The summed E-state index contributed by atoms with van der Waals surface area (Å²) in [5, 5.41) is 1.19. The number of hydrogen-bond donors (Lipinski definition) is 0. The molecule has 0 amide bonds. The zero-order valence-electron chi connectivity index (χ0n) is 11.8. The van der Waals surface area contributed by atoms with Crippen LogP contribution in [0.25, 0.3) is 21.9 Å². The van der Waals surface area contributed by atoms with Crippen LogP contribution in [0.15, 0.2) is 16.9 Å². The summed E-state index contributed by atoms with van der Waals surface area (Å²) in [4.78, 5) is 20.9. The van der Waals surface area contributed by atoms with Crippen LogP contribution in [-0.4, -0.2) is 19.1 Å². The third-order valence-electron chi connectivity index (χ3n) is 3.49. The van der Waals surface area contributed by atoms with E-state index in [1.165, 1.54) is 0 Å². The van der Waals surface area contributed by atoms with Gasteiger partial charge in [-0.3, -0.25) is 9.13 Å². The minimum absolute atomic E-state index is 0.0360. The van der Waals surface area contributed by atoms with E-state index in [9.17, 15) is 4.79 Å². The molecule has 0 spiro atoms. The molecule has 3 aromatic rings. The molecule has 0 aliphatic heterocycles. The molecule has 3 rings (SSSR count). The number of fused-ring (bicyclic) bond motifs is 2. The van der Waals surface area contributed by atoms with E-state index in [2.05, 4.69) is 9.97 Å². The van der Waals surface area contributed by atoms with E-state index < -0.39 is 0 Å². The van der Waals surface area contributed by atoms with Gasteiger partial charge in [0.25, 0.3) is 0 Å². The summed E-state index contributed by atoms with van der Waals surface area (Å²) in [6, 6.07) is 3.87. The highest BCUT2D eigenvalue weighted by Gasteiger charge is 2.15. The first-order valence-electron chi connectivity index (χ1n) is 6.45. The van der Waals surface area contributed by atoms with Crippen LogP contribution >= 0.6 is 11.6 Å². The normalized spacial score (nSPS) is 11.9. The quantitative estimate of drug-likeness (QED) is 0.648. The number of aryl methyl sites for hydroxylation is 2. The number of nitrogens with zero attached hydrogens (tertiary/aromatic N) is 4. The molecule has 1 aromatic carbocycles. The molecule has 0 aliphatic rings. The first kappa shape index (κ1) is 13.1. The van der Waals surface area contributed by atoms with Crippen molar-refractivity contribution in [3.8, 4) is 0 Å². The summed E-state index contributed by atoms with van der Waals surface area (Å²) in [7, 11) is 1.77. The molecule has 0 saturated carbocycles. The minimum Gasteiger partial charge on any atom is -0.295 e. The molecule has 0 fully saturated rings. The van der Waals surface area contributed by atoms with Gasteiger partial charge in [0.2, 0.25) is 0 Å². The fourth-order valence-electron chi connectivity index (χ4n) is 2.55. The van der Waals surface area contributed by atoms with Crippen molar-refractivity contribution < 1.29 is 0 Å². The van der Waals surface area contributed by atoms with Crippen LogP contribution in [-0.2, 0) is 7.05 Å². The number of rotatable bonds is 1. The minimum atomic E-state index is -0.0360. The fourth-order valence-corrected chi connectivity index (χ4v) is 2.83. The summed E-state index contributed by atoms with van der Waals surface area (Å²) in [6.07, 6.45) is 0. The fraction of sp³-hybridized carbons (Fsp3) is 0.357. The van der Waals surface area contributed by atoms with Gasteiger partial charge in [-0.2, -0.15) is 0 Å². The Kier molecular flexibility index (Phi) is 2.83. The highest BCUT2D eigenvalue weighted by Crippen LogP contribution is 2.26. The lowest BCUT2D eigenvalue weighted by Gasteiger charge is -2.07. The Morgan fingerprint density at radius 3 is 2.55 bits per heavy atom. The van der Waals surface area contributed by atoms with Crippen LogP contribution in [0, 0.1) is 6.92 Å². The second-order valence-corrected chi connectivity index (χ2v) is 5.58. The molecule has 6 heteroatoms. The van der Waals surface area contributed by atoms with E-state index in [1.54, 1.807) is 23.1 Å². The van der Waals surface area contributed by atoms with Gasteiger partial charge in [-0.15, -0.1) is 0 Å². The number of halogens is 1. The molecule has 104 valence electrons. The van der Waals surface area contributed by atoms with Gasteiger partial charge >= 0.3 is 5.69 Å². The summed E-state index contributed by atoms with van der Waals surface area (Å²) < 4.78 is 3.39. The first-order chi connectivity index (χ1) is 9.40. The third-order valence-corrected chi connectivity index (χ3v) is 3.78. The van der Waals surface area contributed by atoms with Gasteiger partial charge in [-0.25, -0.2) is 14.8 Å². The van der Waals surface area contributed by atoms with Crippen LogP contribution in [0.4, 0.5) is 0 Å². The lowest BCUT2D eigenvalue weighted by atomic mass is 10.2. The Morgan fingerprint density at radius 1 is 1.20 bits per heavy atom. The predicted octanol–water partition coefficient (Wildman–Crippen LogP) is 2.83. The molecule has 0 aliphatic carbocycles. The maximum atomic E-state index is 12.3. The molecule has 0 saturated heterocycles. The van der Waals surface area contributed by atoms with Crippen LogP contribution in [0.2, 0.25) is 5.15 Å². The van der Waals surface area contributed by atoms with E-state index in [4.69, 9.17) is 11.6 Å². The third kappa shape index (κ3) is 1.73. The standard InChI is InChI=1S/C14H15ClN4O/c1-7(2)19-12-5-9-10(16-8(3)17-13(9)15)6-11(12)18(4)14(19)20/h5-7H,1-4H3. The average molecular weight is 291 g/mol. The van der Waals surface area contributed by atoms with Crippen molar-refractivity contribution in [2.75, 3.05) is 0 Å². The predicted molar refractivity (Wildman–Crippen MR) is 80.4 cm³/mol. The smallest absolute Gasteiger partial charge is 0.295 e. The van der Waals surface area contributed by atoms with Crippen molar-refractivity contribution in [2.45, 2.75) is 26.8 Å². The lowest BCUT2D eigenvalue weighted by Crippen LogP contribution is -2.23. The Morgan fingerprint density at radius 2 is 1.90 bits per heavy atom. The van der Waals surface area contributed by atoms with Crippen molar-refractivity contribution in [1.82, 2.24) is 19.1 Å². The van der Waals surface area contributed by atoms with Crippen molar-refractivity contribution in [1.29, 1.82) is 0 Å². The van der Waals surface area contributed by atoms with Crippen molar-refractivity contribution >= 4 is 33.5 Å². The van der Waals surface area contributed by atoms with Crippen molar-refractivity contribution in [3.63, 3.8) is 0 Å². The lowest BCUT2D eigenvalue weighted by molar-refractivity contribution is 0.583. The maximum absolute atomic E-state index is 12.3. The highest BCUT2D eigenvalue weighted by atomic mass is 35.5. The molecule has 5 nitrogen and oxygen atoms in total. The molecule has 2 heterocycles. The topological polar surface area (TPSA) is 52.7 Å². The van der Waals surface area contributed by atoms with Gasteiger partial charge < -0.3 is 0 Å². The maximum Gasteiger partial charge on any atom is 0.329 e. The van der Waals surface area contributed by atoms with Gasteiger partial charge in [-0.05, 0) is 32.9 Å². The Balaban J connectivity index is 2.55. The molecular weight excluding hydrogens is 276 g/mol. The van der Waals surface area contributed by atoms with E-state index in [-0.39, 0.29) is 11.7 Å². The van der Waals surface area contributed by atoms with Crippen LogP contribution in [0.3, 0.4) is 0 Å². The van der Waals surface area contributed by atoms with E-state index >= 15 is 0 Å². The molecule has 2 aromatic heterocycles. The molecule has 0 N–H and O–H groups in total. The Labute approximate surface area is 120 Å². The van der Waals surface area contributed by atoms with Crippen LogP contribution in [0.5, 0.6) is 0 Å². The van der Waals surface area contributed by atoms with Crippen molar-refractivity contribution in [3.05, 3.63) is 33.6 Å². The number of benzene rings is 1. The number of imidazole rings is 1. The van der Waals surface area contributed by atoms with E-state index in [1.807, 2.05) is 26.0 Å². The molecule has 20 heavy (non-hydrogen) atoms. The van der Waals surface area contributed by atoms with Crippen LogP contribution in [0.1, 0.15) is 25.7 Å². The first-order valence-corrected chi connectivity index (χ1v) is 6.82. The molecule has 0 atom stereocenters. The SMILES string of the molecule is Cc1nc(Cl)c2cc3c(cc2n1)n(C)c(=O)n3C(C)C. The molecule has 0 bridgehead atoms. The highest BCUT2D eigenvalue weighted by molar-refractivity contribution is 6.34. The van der Waals surface area contributed by atoms with Gasteiger partial charge in [0.05, 0.1) is 16.6 Å². The summed E-state index contributed by atoms with van der Waals surface area (Å²) in [5.74, 6) is 0.621. The summed E-state index contributed by atoms with van der Waals surface area (Å²) in [5.41, 5.74) is 2.43. The molecule has 0 unspecified atom stereocenters. The van der Waals surface area contributed by atoms with Crippen molar-refractivity contribution in [2.24, 2.45) is 7.05 Å². The number of hydrogen-bond acceptors (Lipinski definition) is 3. The second-order valence-electron chi connectivity index (χ2n) is 5.23.